The minimum Gasteiger partial charge on any atom is -0.342 e. The number of nitrogens with zero attached hydrogens (tertiary/aromatic N) is 1. The predicted octanol–water partition coefficient (Wildman–Crippen LogP) is 4.00. The third-order valence-corrected chi connectivity index (χ3v) is 6.29. The molecule has 2 atom stereocenters. The summed E-state index contributed by atoms with van der Waals surface area (Å²) in [7, 11) is 0. The number of rotatable bonds is 5. The summed E-state index contributed by atoms with van der Waals surface area (Å²) in [4.78, 5) is 28.4. The number of hydrogen-bond acceptors (Lipinski definition) is 2. The summed E-state index contributed by atoms with van der Waals surface area (Å²) in [5, 5.41) is 3.74. The molecule has 2 aromatic rings. The molecule has 1 fully saturated rings. The average molecular weight is 411 g/mol. The van der Waals surface area contributed by atoms with Crippen LogP contribution >= 0.6 is 11.6 Å². The van der Waals surface area contributed by atoms with Gasteiger partial charge in [-0.1, -0.05) is 61.8 Å². The van der Waals surface area contributed by atoms with Gasteiger partial charge in [0.15, 0.2) is 0 Å². The van der Waals surface area contributed by atoms with Crippen LogP contribution in [0.1, 0.15) is 37.0 Å². The molecule has 4 rings (SSSR count). The van der Waals surface area contributed by atoms with E-state index in [2.05, 4.69) is 31.3 Å². The lowest BCUT2D eigenvalue weighted by Crippen LogP contribution is -2.65. The summed E-state index contributed by atoms with van der Waals surface area (Å²) in [5.74, 6) is 0.423. The Morgan fingerprint density at radius 2 is 1.66 bits per heavy atom. The van der Waals surface area contributed by atoms with Gasteiger partial charge < -0.3 is 10.2 Å². The minimum absolute atomic E-state index is 0.0306. The molecule has 0 bridgehead atoms. The molecule has 1 N–H and O–H groups in total. The molecule has 2 amide bonds. The molecule has 0 radical (unpaired) electrons. The number of amides is 2. The lowest BCUT2D eigenvalue weighted by Gasteiger charge is -2.41. The lowest BCUT2D eigenvalue weighted by atomic mass is 9.90. The van der Waals surface area contributed by atoms with Gasteiger partial charge in [0.05, 0.1) is 0 Å². The first kappa shape index (κ1) is 20.0. The summed E-state index contributed by atoms with van der Waals surface area (Å²) in [6, 6.07) is 14.9. The predicted molar refractivity (Wildman–Crippen MR) is 115 cm³/mol. The summed E-state index contributed by atoms with van der Waals surface area (Å²) >= 11 is 6.01. The Labute approximate surface area is 177 Å². The maximum Gasteiger partial charge on any atom is 0.246 e. The number of carbonyl (C=O) groups excluding carboxylic acids is 2. The fourth-order valence-corrected chi connectivity index (χ4v) is 4.71. The third-order valence-electron chi connectivity index (χ3n) is 6.04. The molecule has 2 aromatic carbocycles. The van der Waals surface area contributed by atoms with Crippen LogP contribution in [0.15, 0.2) is 48.5 Å². The molecule has 1 aliphatic carbocycles. The van der Waals surface area contributed by atoms with Crippen LogP contribution in [0, 0.1) is 11.8 Å². The van der Waals surface area contributed by atoms with Gasteiger partial charge in [0, 0.05) is 11.6 Å². The van der Waals surface area contributed by atoms with E-state index in [4.69, 9.17) is 11.6 Å². The smallest absolute Gasteiger partial charge is 0.246 e. The average Bonchev–Trinajstić information content (AvgIpc) is 3.12. The van der Waals surface area contributed by atoms with Crippen molar-refractivity contribution in [1.29, 1.82) is 0 Å². The molecule has 1 aliphatic heterocycles. The quantitative estimate of drug-likeness (QED) is 0.810. The number of nitrogens with one attached hydrogen (secondary N) is 1. The second-order valence-electron chi connectivity index (χ2n) is 8.66. The minimum atomic E-state index is -0.467. The van der Waals surface area contributed by atoms with Gasteiger partial charge in [-0.15, -0.1) is 0 Å². The highest BCUT2D eigenvalue weighted by Crippen LogP contribution is 2.32. The Bertz CT molecular complexity index is 884. The molecule has 1 saturated heterocycles. The summed E-state index contributed by atoms with van der Waals surface area (Å²) in [5.41, 5.74) is 3.56. The lowest BCUT2D eigenvalue weighted by molar-refractivity contribution is -0.152. The molecule has 0 unspecified atom stereocenters. The van der Waals surface area contributed by atoms with Gasteiger partial charge >= 0.3 is 0 Å². The monoisotopic (exact) mass is 410 g/mol. The number of halogens is 1. The SMILES string of the molecule is CC(C)C[C@@H]1C(=O)N[C@H](C2Cc3ccccc3C2)C(=O)N1Cc1ccc(Cl)cc1. The van der Waals surface area contributed by atoms with Crippen LogP contribution in [0.5, 0.6) is 0 Å². The van der Waals surface area contributed by atoms with E-state index in [1.54, 1.807) is 4.90 Å². The van der Waals surface area contributed by atoms with Gasteiger partial charge in [-0.05, 0) is 59.9 Å². The molecule has 0 aromatic heterocycles. The van der Waals surface area contributed by atoms with Gasteiger partial charge in [-0.25, -0.2) is 0 Å². The zero-order valence-electron chi connectivity index (χ0n) is 16.9. The van der Waals surface area contributed by atoms with Crippen molar-refractivity contribution in [2.24, 2.45) is 11.8 Å². The standard InChI is InChI=1S/C24H27ClN2O2/c1-15(2)11-21-23(28)26-22(19-12-17-5-3-4-6-18(17)13-19)24(29)27(21)14-16-7-9-20(25)10-8-16/h3-10,15,19,21-22H,11-14H2,1-2H3,(H,26,28)/t21-,22-/m1/s1. The van der Waals surface area contributed by atoms with Gasteiger partial charge in [0.2, 0.25) is 11.8 Å². The first-order chi connectivity index (χ1) is 13.9. The molecular formula is C24H27ClN2O2. The number of piperazine rings is 1. The van der Waals surface area contributed by atoms with Crippen molar-refractivity contribution in [2.45, 2.75) is 51.7 Å². The van der Waals surface area contributed by atoms with Crippen molar-refractivity contribution >= 4 is 23.4 Å². The fraction of sp³-hybridized carbons (Fsp3) is 0.417. The van der Waals surface area contributed by atoms with E-state index in [0.29, 0.717) is 23.9 Å². The zero-order chi connectivity index (χ0) is 20.5. The normalized spacial score (nSPS) is 22.1. The van der Waals surface area contributed by atoms with Crippen LogP contribution in [0.25, 0.3) is 0 Å². The molecule has 0 saturated carbocycles. The van der Waals surface area contributed by atoms with E-state index in [0.717, 1.165) is 18.4 Å². The highest BCUT2D eigenvalue weighted by molar-refractivity contribution is 6.30. The summed E-state index contributed by atoms with van der Waals surface area (Å²) < 4.78 is 0. The van der Waals surface area contributed by atoms with Crippen LogP contribution in [0.2, 0.25) is 5.02 Å². The van der Waals surface area contributed by atoms with Gasteiger partial charge in [0.25, 0.3) is 0 Å². The maximum atomic E-state index is 13.6. The zero-order valence-corrected chi connectivity index (χ0v) is 17.7. The molecule has 0 spiro atoms. The Hall–Kier alpha value is -2.33. The Morgan fingerprint density at radius 3 is 2.24 bits per heavy atom. The highest BCUT2D eigenvalue weighted by Gasteiger charge is 2.45. The fourth-order valence-electron chi connectivity index (χ4n) is 4.59. The number of carbonyl (C=O) groups is 2. The van der Waals surface area contributed by atoms with E-state index in [1.165, 1.54) is 11.1 Å². The molecule has 5 heteroatoms. The molecule has 29 heavy (non-hydrogen) atoms. The van der Waals surface area contributed by atoms with Crippen LogP contribution < -0.4 is 5.32 Å². The van der Waals surface area contributed by atoms with E-state index in [9.17, 15) is 9.59 Å². The number of benzene rings is 2. The maximum absolute atomic E-state index is 13.6. The topological polar surface area (TPSA) is 49.4 Å². The molecule has 152 valence electrons. The second-order valence-corrected chi connectivity index (χ2v) is 9.10. The largest absolute Gasteiger partial charge is 0.342 e. The van der Waals surface area contributed by atoms with Gasteiger partial charge in [-0.3, -0.25) is 9.59 Å². The van der Waals surface area contributed by atoms with Gasteiger partial charge in [0.1, 0.15) is 12.1 Å². The van der Waals surface area contributed by atoms with Gasteiger partial charge in [-0.2, -0.15) is 0 Å². The van der Waals surface area contributed by atoms with Crippen LogP contribution in [-0.2, 0) is 29.0 Å². The van der Waals surface area contributed by atoms with E-state index in [1.807, 2.05) is 36.4 Å². The molecule has 4 nitrogen and oxygen atoms in total. The van der Waals surface area contributed by atoms with Crippen molar-refractivity contribution in [1.82, 2.24) is 10.2 Å². The molecular weight excluding hydrogens is 384 g/mol. The van der Waals surface area contributed by atoms with E-state index < -0.39 is 12.1 Å². The number of fused-ring (bicyclic) bond motifs is 1. The van der Waals surface area contributed by atoms with Crippen molar-refractivity contribution in [2.75, 3.05) is 0 Å². The van der Waals surface area contributed by atoms with Crippen LogP contribution in [0.3, 0.4) is 0 Å². The summed E-state index contributed by atoms with van der Waals surface area (Å²) in [6.45, 7) is 4.59. The van der Waals surface area contributed by atoms with Crippen LogP contribution in [-0.4, -0.2) is 28.8 Å². The Morgan fingerprint density at radius 1 is 1.03 bits per heavy atom. The Kier molecular flexibility index (Phi) is 5.64. The summed E-state index contributed by atoms with van der Waals surface area (Å²) in [6.07, 6.45) is 2.32. The first-order valence-electron chi connectivity index (χ1n) is 10.3. The van der Waals surface area contributed by atoms with Crippen molar-refractivity contribution in [3.05, 3.63) is 70.2 Å². The number of hydrogen-bond donors (Lipinski definition) is 1. The third kappa shape index (κ3) is 4.18. The second kappa shape index (κ2) is 8.19. The Balaban J connectivity index is 1.59. The van der Waals surface area contributed by atoms with E-state index >= 15 is 0 Å². The van der Waals surface area contributed by atoms with Crippen LogP contribution in [0.4, 0.5) is 0 Å². The van der Waals surface area contributed by atoms with Crippen molar-refractivity contribution < 1.29 is 9.59 Å². The van der Waals surface area contributed by atoms with E-state index in [-0.39, 0.29) is 17.7 Å². The van der Waals surface area contributed by atoms with Crippen molar-refractivity contribution in [3.63, 3.8) is 0 Å². The first-order valence-corrected chi connectivity index (χ1v) is 10.7. The van der Waals surface area contributed by atoms with Crippen molar-refractivity contribution in [3.8, 4) is 0 Å². The molecule has 1 heterocycles. The molecule has 2 aliphatic rings. The highest BCUT2D eigenvalue weighted by atomic mass is 35.5.